The van der Waals surface area contributed by atoms with Crippen molar-refractivity contribution in [1.82, 2.24) is 15.1 Å². The van der Waals surface area contributed by atoms with Gasteiger partial charge in [-0.3, -0.25) is 24.4 Å². The third kappa shape index (κ3) is 1.91. The van der Waals surface area contributed by atoms with Crippen LogP contribution < -0.4 is 10.2 Å². The van der Waals surface area contributed by atoms with Gasteiger partial charge in [-0.1, -0.05) is 0 Å². The number of aromatic nitrogens is 2. The molecular weight excluding hydrogens is 224 g/mol. The zero-order valence-electron chi connectivity index (χ0n) is 9.56. The van der Waals surface area contributed by atoms with Crippen molar-refractivity contribution in [2.45, 2.75) is 6.92 Å². The molecule has 1 saturated heterocycles. The van der Waals surface area contributed by atoms with E-state index in [9.17, 15) is 14.4 Å². The minimum Gasteiger partial charge on any atom is -0.338 e. The maximum Gasteiger partial charge on any atom is 0.246 e. The lowest BCUT2D eigenvalue weighted by Crippen LogP contribution is -2.52. The number of hydrogen-bond donors (Lipinski definition) is 1. The van der Waals surface area contributed by atoms with Gasteiger partial charge in [-0.25, -0.2) is 0 Å². The van der Waals surface area contributed by atoms with Crippen molar-refractivity contribution < 1.29 is 14.4 Å². The van der Waals surface area contributed by atoms with E-state index in [4.69, 9.17) is 0 Å². The zero-order chi connectivity index (χ0) is 12.6. The van der Waals surface area contributed by atoms with Crippen molar-refractivity contribution in [3.63, 3.8) is 0 Å². The molecule has 0 radical (unpaired) electrons. The number of aldehydes is 1. The Bertz CT molecular complexity index is 490. The predicted octanol–water partition coefficient (Wildman–Crippen LogP) is -0.996. The first-order valence-corrected chi connectivity index (χ1v) is 5.09. The molecule has 7 heteroatoms. The van der Waals surface area contributed by atoms with Crippen molar-refractivity contribution in [2.75, 3.05) is 18.0 Å². The Balaban J connectivity index is 2.42. The first-order chi connectivity index (χ1) is 8.02. The summed E-state index contributed by atoms with van der Waals surface area (Å²) in [6, 6.07) is 0. The van der Waals surface area contributed by atoms with Crippen LogP contribution in [0.1, 0.15) is 16.1 Å². The highest BCUT2D eigenvalue weighted by Gasteiger charge is 2.27. The Kier molecular flexibility index (Phi) is 2.66. The summed E-state index contributed by atoms with van der Waals surface area (Å²) in [7, 11) is 1.67. The van der Waals surface area contributed by atoms with Crippen molar-refractivity contribution in [2.24, 2.45) is 7.05 Å². The fraction of sp³-hybridized carbons (Fsp3) is 0.400. The van der Waals surface area contributed by atoms with Crippen LogP contribution in [0.2, 0.25) is 0 Å². The van der Waals surface area contributed by atoms with Crippen molar-refractivity contribution in [3.05, 3.63) is 11.3 Å². The van der Waals surface area contributed by atoms with Gasteiger partial charge in [0.25, 0.3) is 0 Å². The van der Waals surface area contributed by atoms with E-state index in [2.05, 4.69) is 10.4 Å². The standard InChI is InChI=1S/C10H12N4O3/c1-6-7(5-15)10(13(2)12-6)14-3-8(16)11-9(17)4-14/h5H,3-4H2,1-2H3,(H,11,16,17). The fourth-order valence-corrected chi connectivity index (χ4v) is 1.96. The Labute approximate surface area is 97.4 Å². The highest BCUT2D eigenvalue weighted by molar-refractivity contribution is 6.03. The first-order valence-electron chi connectivity index (χ1n) is 5.09. The molecule has 0 atom stereocenters. The Morgan fingerprint density at radius 2 is 1.88 bits per heavy atom. The summed E-state index contributed by atoms with van der Waals surface area (Å²) >= 11 is 0. The molecular formula is C10H12N4O3. The number of amides is 2. The van der Waals surface area contributed by atoms with Crippen molar-refractivity contribution in [1.29, 1.82) is 0 Å². The predicted molar refractivity (Wildman–Crippen MR) is 58.7 cm³/mol. The number of piperazine rings is 1. The van der Waals surface area contributed by atoms with Gasteiger partial charge in [-0.05, 0) is 6.92 Å². The maximum atomic E-state index is 11.3. The van der Waals surface area contributed by atoms with E-state index in [1.54, 1.807) is 18.9 Å². The number of carbonyl (C=O) groups excluding carboxylic acids is 3. The lowest BCUT2D eigenvalue weighted by molar-refractivity contribution is -0.130. The second-order valence-electron chi connectivity index (χ2n) is 3.89. The zero-order valence-corrected chi connectivity index (χ0v) is 9.56. The number of hydrogen-bond acceptors (Lipinski definition) is 5. The highest BCUT2D eigenvalue weighted by atomic mass is 16.2. The topological polar surface area (TPSA) is 84.3 Å². The fourth-order valence-electron chi connectivity index (χ4n) is 1.96. The van der Waals surface area contributed by atoms with Crippen molar-refractivity contribution in [3.8, 4) is 0 Å². The van der Waals surface area contributed by atoms with E-state index in [1.807, 2.05) is 0 Å². The minimum absolute atomic E-state index is 0.0472. The summed E-state index contributed by atoms with van der Waals surface area (Å²) in [5.74, 6) is -0.255. The Hall–Kier alpha value is -2.18. The van der Waals surface area contributed by atoms with Crippen LogP contribution >= 0.6 is 0 Å². The van der Waals surface area contributed by atoms with E-state index in [1.165, 1.54) is 4.68 Å². The van der Waals surface area contributed by atoms with Crippen LogP contribution in [0.25, 0.3) is 0 Å². The van der Waals surface area contributed by atoms with Crippen LogP contribution in [-0.4, -0.2) is 41.0 Å². The summed E-state index contributed by atoms with van der Waals surface area (Å²) in [4.78, 5) is 35.1. The van der Waals surface area contributed by atoms with E-state index in [0.717, 1.165) is 0 Å². The van der Waals surface area contributed by atoms with Gasteiger partial charge in [0.1, 0.15) is 5.82 Å². The average molecular weight is 236 g/mol. The molecule has 1 aromatic rings. The molecule has 0 aromatic carbocycles. The van der Waals surface area contributed by atoms with Gasteiger partial charge in [0.05, 0.1) is 24.3 Å². The molecule has 2 amide bonds. The normalized spacial score (nSPS) is 16.0. The maximum absolute atomic E-state index is 11.3. The van der Waals surface area contributed by atoms with Gasteiger partial charge < -0.3 is 4.90 Å². The summed E-state index contributed by atoms with van der Waals surface area (Å²) in [5, 5.41) is 6.31. The summed E-state index contributed by atoms with van der Waals surface area (Å²) in [6.45, 7) is 1.80. The van der Waals surface area contributed by atoms with E-state index >= 15 is 0 Å². The quantitative estimate of drug-likeness (QED) is 0.526. The molecule has 1 N–H and O–H groups in total. The van der Waals surface area contributed by atoms with Gasteiger partial charge >= 0.3 is 0 Å². The third-order valence-corrected chi connectivity index (χ3v) is 2.60. The summed E-state index contributed by atoms with van der Waals surface area (Å²) in [5.41, 5.74) is 0.992. The molecule has 1 fully saturated rings. The molecule has 2 heterocycles. The molecule has 0 unspecified atom stereocenters. The van der Waals surface area contributed by atoms with Crippen LogP contribution in [0.5, 0.6) is 0 Å². The van der Waals surface area contributed by atoms with Crippen molar-refractivity contribution >= 4 is 23.9 Å². The number of aryl methyl sites for hydroxylation is 2. The second-order valence-corrected chi connectivity index (χ2v) is 3.89. The summed E-state index contributed by atoms with van der Waals surface area (Å²) in [6.07, 6.45) is 0.689. The minimum atomic E-state index is -0.378. The van der Waals surface area contributed by atoms with Crippen LogP contribution in [-0.2, 0) is 16.6 Å². The van der Waals surface area contributed by atoms with Gasteiger partial charge in [-0.15, -0.1) is 0 Å². The number of carbonyl (C=O) groups is 3. The van der Waals surface area contributed by atoms with Crippen LogP contribution in [0.3, 0.4) is 0 Å². The van der Waals surface area contributed by atoms with Crippen LogP contribution in [0.15, 0.2) is 0 Å². The second kappa shape index (κ2) is 4.00. The Morgan fingerprint density at radius 3 is 2.41 bits per heavy atom. The molecule has 0 bridgehead atoms. The first kappa shape index (κ1) is 11.3. The molecule has 7 nitrogen and oxygen atoms in total. The number of nitrogens with zero attached hydrogens (tertiary/aromatic N) is 3. The number of anilines is 1. The molecule has 2 rings (SSSR count). The Morgan fingerprint density at radius 1 is 1.29 bits per heavy atom. The molecule has 17 heavy (non-hydrogen) atoms. The molecule has 1 aliphatic rings. The molecule has 1 aromatic heterocycles. The van der Waals surface area contributed by atoms with Gasteiger partial charge in [-0.2, -0.15) is 5.10 Å². The number of rotatable bonds is 2. The van der Waals surface area contributed by atoms with Crippen LogP contribution in [0, 0.1) is 6.92 Å². The number of nitrogens with one attached hydrogen (secondary N) is 1. The van der Waals surface area contributed by atoms with E-state index in [0.29, 0.717) is 23.4 Å². The largest absolute Gasteiger partial charge is 0.338 e. The molecule has 0 aliphatic carbocycles. The highest BCUT2D eigenvalue weighted by Crippen LogP contribution is 2.21. The molecule has 1 aliphatic heterocycles. The van der Waals surface area contributed by atoms with Gasteiger partial charge in [0, 0.05) is 7.05 Å². The van der Waals surface area contributed by atoms with Gasteiger partial charge in [0.2, 0.25) is 11.8 Å². The van der Waals surface area contributed by atoms with Gasteiger partial charge in [0.15, 0.2) is 6.29 Å². The lowest BCUT2D eigenvalue weighted by Gasteiger charge is -2.27. The number of imide groups is 1. The molecule has 0 saturated carbocycles. The lowest BCUT2D eigenvalue weighted by atomic mass is 10.2. The average Bonchev–Trinajstić information content (AvgIpc) is 2.51. The smallest absolute Gasteiger partial charge is 0.246 e. The van der Waals surface area contributed by atoms with Crippen LogP contribution in [0.4, 0.5) is 5.82 Å². The van der Waals surface area contributed by atoms with E-state index in [-0.39, 0.29) is 24.9 Å². The molecule has 90 valence electrons. The monoisotopic (exact) mass is 236 g/mol. The molecule has 0 spiro atoms. The third-order valence-electron chi connectivity index (χ3n) is 2.60. The SMILES string of the molecule is Cc1nn(C)c(N2CC(=O)NC(=O)C2)c1C=O. The summed E-state index contributed by atoms with van der Waals surface area (Å²) < 4.78 is 1.50. The van der Waals surface area contributed by atoms with E-state index < -0.39 is 0 Å².